The second-order valence-corrected chi connectivity index (χ2v) is 6.57. The Hall–Kier alpha value is -1.04. The highest BCUT2D eigenvalue weighted by molar-refractivity contribution is 6.56. The Morgan fingerprint density at radius 2 is 1.08 bits per heavy atom. The van der Waals surface area contributed by atoms with Gasteiger partial charge >= 0.3 is 0 Å². The van der Waals surface area contributed by atoms with Crippen molar-refractivity contribution < 1.29 is 19.0 Å². The van der Waals surface area contributed by atoms with Gasteiger partial charge in [-0.15, -0.1) is 0 Å². The predicted octanol–water partition coefficient (Wildman–Crippen LogP) is 6.21. The van der Waals surface area contributed by atoms with Gasteiger partial charge in [-0.05, 0) is 0 Å². The highest BCUT2D eigenvalue weighted by Gasteiger charge is 2.29. The third-order valence-electron chi connectivity index (χ3n) is 3.38. The van der Waals surface area contributed by atoms with E-state index in [1.54, 1.807) is 0 Å². The van der Waals surface area contributed by atoms with Crippen LogP contribution in [0.3, 0.4) is 0 Å². The van der Waals surface area contributed by atoms with Gasteiger partial charge in [0.05, 0.1) is 52.0 Å². The van der Waals surface area contributed by atoms with E-state index in [4.69, 9.17) is 72.2 Å². The minimum atomic E-state index is -0.591. The maximum Gasteiger partial charge on any atom is 0.203 e. The van der Waals surface area contributed by atoms with Crippen LogP contribution in [0.1, 0.15) is 15.9 Å². The average molecular weight is 445 g/mol. The summed E-state index contributed by atoms with van der Waals surface area (Å²) in [6, 6.07) is 3.05. The van der Waals surface area contributed by atoms with Gasteiger partial charge in [-0.2, -0.15) is 0 Å². The van der Waals surface area contributed by atoms with Crippen molar-refractivity contribution in [2.24, 2.45) is 0 Å². The first kappa shape index (κ1) is 20.3. The average Bonchev–Trinajstić information content (AvgIpc) is 2.63. The number of carbonyl (C=O) groups excluding carboxylic acids is 1. The van der Waals surface area contributed by atoms with Gasteiger partial charge in [0, 0.05) is 12.1 Å². The van der Waals surface area contributed by atoms with Crippen LogP contribution in [0.2, 0.25) is 25.1 Å². The van der Waals surface area contributed by atoms with Crippen LogP contribution in [0.25, 0.3) is 0 Å². The summed E-state index contributed by atoms with van der Waals surface area (Å²) in [5.41, 5.74) is -0.0199. The van der Waals surface area contributed by atoms with Crippen LogP contribution in [0.15, 0.2) is 12.1 Å². The molecular formula is C16H11Cl5O4. The van der Waals surface area contributed by atoms with Crippen molar-refractivity contribution in [2.75, 3.05) is 21.3 Å². The molecule has 0 unspecified atom stereocenters. The summed E-state index contributed by atoms with van der Waals surface area (Å²) in [6.45, 7) is 0. The van der Waals surface area contributed by atoms with Crippen molar-refractivity contribution in [2.45, 2.75) is 0 Å². The Morgan fingerprint density at radius 3 is 1.44 bits per heavy atom. The van der Waals surface area contributed by atoms with Gasteiger partial charge in [0.2, 0.25) is 5.78 Å². The van der Waals surface area contributed by atoms with Crippen LogP contribution in [0.4, 0.5) is 0 Å². The third kappa shape index (κ3) is 3.60. The van der Waals surface area contributed by atoms with Crippen molar-refractivity contribution in [3.8, 4) is 17.2 Å². The van der Waals surface area contributed by atoms with E-state index in [-0.39, 0.29) is 47.7 Å². The normalized spacial score (nSPS) is 10.6. The largest absolute Gasteiger partial charge is 0.496 e. The van der Waals surface area contributed by atoms with Crippen molar-refractivity contribution in [3.63, 3.8) is 0 Å². The van der Waals surface area contributed by atoms with Crippen LogP contribution >= 0.6 is 58.0 Å². The summed E-state index contributed by atoms with van der Waals surface area (Å²) >= 11 is 30.4. The summed E-state index contributed by atoms with van der Waals surface area (Å²) in [5.74, 6) is 0.257. The molecule has 4 nitrogen and oxygen atoms in total. The zero-order valence-corrected chi connectivity index (χ0v) is 17.0. The molecule has 25 heavy (non-hydrogen) atoms. The van der Waals surface area contributed by atoms with E-state index >= 15 is 0 Å². The van der Waals surface area contributed by atoms with E-state index < -0.39 is 5.78 Å². The van der Waals surface area contributed by atoms with Gasteiger partial charge < -0.3 is 14.2 Å². The van der Waals surface area contributed by atoms with Gasteiger partial charge in [-0.25, -0.2) is 0 Å². The molecule has 0 aliphatic carbocycles. The lowest BCUT2D eigenvalue weighted by Gasteiger charge is -2.16. The molecule has 2 rings (SSSR count). The van der Waals surface area contributed by atoms with E-state index in [1.807, 2.05) is 0 Å². The fraction of sp³-hybridized carbons (Fsp3) is 0.188. The molecule has 0 spiro atoms. The first-order valence-electron chi connectivity index (χ1n) is 6.64. The number of halogens is 5. The lowest BCUT2D eigenvalue weighted by atomic mass is 10.0. The van der Waals surface area contributed by atoms with Crippen LogP contribution in [-0.2, 0) is 0 Å². The molecule has 0 aliphatic heterocycles. The first-order chi connectivity index (χ1) is 11.8. The predicted molar refractivity (Wildman–Crippen MR) is 101 cm³/mol. The SMILES string of the molecule is COc1cc(OC)c(C(=O)c2c(Cl)c(Cl)c(Cl)c(Cl)c2Cl)c(OC)c1. The molecule has 0 bridgehead atoms. The summed E-state index contributed by atoms with van der Waals surface area (Å²) < 4.78 is 15.7. The van der Waals surface area contributed by atoms with Crippen LogP contribution in [0.5, 0.6) is 17.2 Å². The summed E-state index contributed by atoms with van der Waals surface area (Å²) in [7, 11) is 4.27. The Morgan fingerprint density at radius 1 is 0.680 bits per heavy atom. The zero-order valence-electron chi connectivity index (χ0n) is 13.2. The van der Waals surface area contributed by atoms with E-state index in [1.165, 1.54) is 33.5 Å². The summed E-state index contributed by atoms with van der Waals surface area (Å²) in [5, 5.41) is -0.430. The summed E-state index contributed by atoms with van der Waals surface area (Å²) in [6.07, 6.45) is 0. The molecule has 9 heteroatoms. The van der Waals surface area contributed by atoms with Gasteiger partial charge in [0.25, 0.3) is 0 Å². The molecule has 0 heterocycles. The first-order valence-corrected chi connectivity index (χ1v) is 8.53. The quantitative estimate of drug-likeness (QED) is 0.312. The molecule has 0 saturated carbocycles. The molecular weight excluding hydrogens is 433 g/mol. The van der Waals surface area contributed by atoms with Crippen molar-refractivity contribution in [3.05, 3.63) is 48.4 Å². The molecule has 0 amide bonds. The number of methoxy groups -OCH3 is 3. The lowest BCUT2D eigenvalue weighted by Crippen LogP contribution is -2.09. The second kappa shape index (κ2) is 8.11. The van der Waals surface area contributed by atoms with Crippen LogP contribution < -0.4 is 14.2 Å². The van der Waals surface area contributed by atoms with E-state index in [2.05, 4.69) is 0 Å². The highest BCUT2D eigenvalue weighted by Crippen LogP contribution is 2.46. The molecule has 0 radical (unpaired) electrons. The maximum absolute atomic E-state index is 13.1. The van der Waals surface area contributed by atoms with E-state index in [9.17, 15) is 4.79 Å². The minimum Gasteiger partial charge on any atom is -0.496 e. The smallest absolute Gasteiger partial charge is 0.203 e. The number of rotatable bonds is 5. The molecule has 0 saturated heterocycles. The number of hydrogen-bond donors (Lipinski definition) is 0. The summed E-state index contributed by atoms with van der Waals surface area (Å²) in [4.78, 5) is 13.1. The molecule has 2 aromatic rings. The zero-order chi connectivity index (χ0) is 18.9. The molecule has 0 aliphatic rings. The van der Waals surface area contributed by atoms with Crippen molar-refractivity contribution in [1.29, 1.82) is 0 Å². The van der Waals surface area contributed by atoms with Gasteiger partial charge in [0.15, 0.2) is 0 Å². The van der Waals surface area contributed by atoms with Crippen molar-refractivity contribution in [1.82, 2.24) is 0 Å². The lowest BCUT2D eigenvalue weighted by molar-refractivity contribution is 0.103. The van der Waals surface area contributed by atoms with Gasteiger partial charge in [-0.3, -0.25) is 4.79 Å². The number of carbonyl (C=O) groups is 1. The highest BCUT2D eigenvalue weighted by atomic mass is 35.5. The fourth-order valence-electron chi connectivity index (χ4n) is 2.16. The monoisotopic (exact) mass is 442 g/mol. The fourth-order valence-corrected chi connectivity index (χ4v) is 3.47. The maximum atomic E-state index is 13.1. The number of hydrogen-bond acceptors (Lipinski definition) is 4. The topological polar surface area (TPSA) is 44.8 Å². The number of ketones is 1. The van der Waals surface area contributed by atoms with Crippen LogP contribution in [-0.4, -0.2) is 27.1 Å². The molecule has 0 atom stereocenters. The Bertz CT molecular complexity index is 797. The second-order valence-electron chi connectivity index (χ2n) is 4.68. The van der Waals surface area contributed by atoms with Gasteiger partial charge in [-0.1, -0.05) is 58.0 Å². The van der Waals surface area contributed by atoms with E-state index in [0.717, 1.165) is 0 Å². The van der Waals surface area contributed by atoms with E-state index in [0.29, 0.717) is 5.75 Å². The molecule has 134 valence electrons. The Labute approximate surface area is 169 Å². The molecule has 0 fully saturated rings. The Balaban J connectivity index is 2.79. The molecule has 0 aromatic heterocycles. The minimum absolute atomic E-state index is 0.0384. The molecule has 2 aromatic carbocycles. The van der Waals surface area contributed by atoms with Crippen molar-refractivity contribution >= 4 is 63.8 Å². The van der Waals surface area contributed by atoms with Crippen LogP contribution in [0, 0.1) is 0 Å². The third-order valence-corrected chi connectivity index (χ3v) is 5.66. The number of ether oxygens (including phenoxy) is 3. The molecule has 0 N–H and O–H groups in total. The Kier molecular flexibility index (Phi) is 6.57. The van der Waals surface area contributed by atoms with Gasteiger partial charge in [0.1, 0.15) is 22.8 Å². The standard InChI is InChI=1S/C16H11Cl5O4/c1-23-6-4-7(24-2)9(8(5-6)25-3)16(22)10-11(17)13(19)15(21)14(20)12(10)18/h4-5H,1-3H3. The number of benzene rings is 2.